The molecule has 34 heavy (non-hydrogen) atoms. The van der Waals surface area contributed by atoms with Crippen LogP contribution in [0.3, 0.4) is 0 Å². The van der Waals surface area contributed by atoms with Gasteiger partial charge in [0.2, 0.25) is 0 Å². The highest BCUT2D eigenvalue weighted by molar-refractivity contribution is 7.91. The number of fused-ring (bicyclic) bond motifs is 1. The number of benzene rings is 2. The van der Waals surface area contributed by atoms with Crippen molar-refractivity contribution in [3.8, 4) is 11.3 Å². The highest BCUT2D eigenvalue weighted by atomic mass is 32.2. The Morgan fingerprint density at radius 3 is 2.53 bits per heavy atom. The van der Waals surface area contributed by atoms with E-state index in [9.17, 15) is 18.0 Å². The maximum absolute atomic E-state index is 13.2. The van der Waals surface area contributed by atoms with Crippen LogP contribution in [0.2, 0.25) is 0 Å². The zero-order chi connectivity index (χ0) is 24.6. The van der Waals surface area contributed by atoms with Crippen LogP contribution < -0.4 is 0 Å². The minimum Gasteiger partial charge on any atom is -0.449 e. The van der Waals surface area contributed by atoms with Crippen molar-refractivity contribution in [2.75, 3.05) is 18.6 Å². The molecule has 2 heterocycles. The van der Waals surface area contributed by atoms with E-state index in [1.807, 2.05) is 44.2 Å². The van der Waals surface area contributed by atoms with E-state index in [2.05, 4.69) is 6.07 Å². The lowest BCUT2D eigenvalue weighted by atomic mass is 9.99. The number of carbonyl (C=O) groups is 2. The maximum Gasteiger partial charge on any atom is 0.339 e. The second kappa shape index (κ2) is 9.18. The van der Waals surface area contributed by atoms with Crippen LogP contribution in [0.4, 0.5) is 0 Å². The quantitative estimate of drug-likeness (QED) is 0.517. The number of para-hydroxylation sites is 1. The summed E-state index contributed by atoms with van der Waals surface area (Å²) in [7, 11) is -1.58. The van der Waals surface area contributed by atoms with Gasteiger partial charge in [0.05, 0.1) is 28.3 Å². The van der Waals surface area contributed by atoms with Crippen LogP contribution in [-0.4, -0.2) is 60.9 Å². The molecule has 7 nitrogen and oxygen atoms in total. The second-order valence-corrected chi connectivity index (χ2v) is 11.2. The normalized spacial score (nSPS) is 17.9. The fourth-order valence-corrected chi connectivity index (χ4v) is 6.18. The zero-order valence-corrected chi connectivity index (χ0v) is 20.6. The van der Waals surface area contributed by atoms with Crippen molar-refractivity contribution < 1.29 is 22.7 Å². The number of nitrogens with zero attached hydrogens (tertiary/aromatic N) is 2. The van der Waals surface area contributed by atoms with Crippen LogP contribution in [0.5, 0.6) is 0 Å². The van der Waals surface area contributed by atoms with Gasteiger partial charge < -0.3 is 9.64 Å². The summed E-state index contributed by atoms with van der Waals surface area (Å²) in [5.41, 5.74) is 4.71. The van der Waals surface area contributed by atoms with Crippen LogP contribution in [0.25, 0.3) is 22.2 Å². The predicted octanol–water partition coefficient (Wildman–Crippen LogP) is 3.71. The van der Waals surface area contributed by atoms with E-state index >= 15 is 0 Å². The molecular formula is C26H28N2O5S. The van der Waals surface area contributed by atoms with E-state index in [1.54, 1.807) is 19.2 Å². The summed E-state index contributed by atoms with van der Waals surface area (Å²) in [6.07, 6.45) is -0.670. The lowest BCUT2D eigenvalue weighted by Gasteiger charge is -2.26. The first-order valence-corrected chi connectivity index (χ1v) is 13.0. The van der Waals surface area contributed by atoms with Gasteiger partial charge in [-0.15, -0.1) is 0 Å². The number of hydrogen-bond acceptors (Lipinski definition) is 6. The molecule has 1 fully saturated rings. The van der Waals surface area contributed by atoms with Gasteiger partial charge in [0.1, 0.15) is 0 Å². The van der Waals surface area contributed by atoms with Gasteiger partial charge in [-0.3, -0.25) is 4.79 Å². The van der Waals surface area contributed by atoms with E-state index in [0.717, 1.165) is 16.7 Å². The summed E-state index contributed by atoms with van der Waals surface area (Å²) >= 11 is 0. The summed E-state index contributed by atoms with van der Waals surface area (Å²) in [6, 6.07) is 14.6. The van der Waals surface area contributed by atoms with E-state index in [-0.39, 0.29) is 11.5 Å². The number of amides is 1. The van der Waals surface area contributed by atoms with E-state index in [1.165, 1.54) is 11.8 Å². The molecule has 8 heteroatoms. The molecule has 1 aromatic heterocycles. The standard InChI is InChI=1S/C26H28N2O5S/c1-16-9-10-20(17(2)13-16)24-14-22(21-7-5-6-8-23(21)27-24)26(30)33-18(3)25(29)28(4)19-11-12-34(31,32)15-19/h5-10,13-14,18-19H,11-12,15H2,1-4H3. The molecule has 0 saturated carbocycles. The van der Waals surface area contributed by atoms with Gasteiger partial charge in [0.25, 0.3) is 5.91 Å². The predicted molar refractivity (Wildman–Crippen MR) is 131 cm³/mol. The van der Waals surface area contributed by atoms with Crippen LogP contribution in [0.1, 0.15) is 34.8 Å². The molecule has 4 rings (SSSR count). The Morgan fingerprint density at radius 1 is 1.12 bits per heavy atom. The average molecular weight is 481 g/mol. The molecule has 1 saturated heterocycles. The van der Waals surface area contributed by atoms with Crippen molar-refractivity contribution in [3.05, 3.63) is 65.2 Å². The van der Waals surface area contributed by atoms with Crippen LogP contribution in [0, 0.1) is 13.8 Å². The van der Waals surface area contributed by atoms with E-state index < -0.39 is 33.9 Å². The lowest BCUT2D eigenvalue weighted by molar-refractivity contribution is -0.140. The zero-order valence-electron chi connectivity index (χ0n) is 19.7. The summed E-state index contributed by atoms with van der Waals surface area (Å²) in [4.78, 5) is 32.2. The number of sulfone groups is 1. The topological polar surface area (TPSA) is 93.6 Å². The molecule has 0 spiro atoms. The van der Waals surface area contributed by atoms with E-state index in [4.69, 9.17) is 9.72 Å². The second-order valence-electron chi connectivity index (χ2n) is 8.94. The molecule has 0 N–H and O–H groups in total. The fraction of sp³-hybridized carbons (Fsp3) is 0.346. The number of aromatic nitrogens is 1. The van der Waals surface area contributed by atoms with Crippen molar-refractivity contribution in [1.82, 2.24) is 9.88 Å². The summed E-state index contributed by atoms with van der Waals surface area (Å²) < 4.78 is 29.1. The number of pyridine rings is 1. The van der Waals surface area contributed by atoms with Gasteiger partial charge in [-0.2, -0.15) is 0 Å². The van der Waals surface area contributed by atoms with Gasteiger partial charge in [0, 0.05) is 24.0 Å². The molecule has 2 atom stereocenters. The van der Waals surface area contributed by atoms with E-state index in [0.29, 0.717) is 28.6 Å². The van der Waals surface area contributed by atoms with Gasteiger partial charge in [0.15, 0.2) is 15.9 Å². The Kier molecular flexibility index (Phi) is 6.45. The summed E-state index contributed by atoms with van der Waals surface area (Å²) in [5, 5.41) is 0.635. The highest BCUT2D eigenvalue weighted by Gasteiger charge is 2.35. The number of esters is 1. The number of aryl methyl sites for hydroxylation is 2. The molecule has 2 unspecified atom stereocenters. The van der Waals surface area contributed by atoms with Gasteiger partial charge in [-0.25, -0.2) is 18.2 Å². The van der Waals surface area contributed by atoms with Gasteiger partial charge in [-0.05, 0) is 44.9 Å². The molecule has 1 amide bonds. The molecular weight excluding hydrogens is 452 g/mol. The smallest absolute Gasteiger partial charge is 0.339 e. The van der Waals surface area contributed by atoms with Crippen LogP contribution in [-0.2, 0) is 19.4 Å². The van der Waals surface area contributed by atoms with Crippen molar-refractivity contribution in [2.24, 2.45) is 0 Å². The molecule has 1 aliphatic rings. The maximum atomic E-state index is 13.2. The summed E-state index contributed by atoms with van der Waals surface area (Å²) in [6.45, 7) is 5.52. The minimum absolute atomic E-state index is 0.0632. The molecule has 3 aromatic rings. The molecule has 0 aliphatic carbocycles. The average Bonchev–Trinajstić information content (AvgIpc) is 3.16. The number of ether oxygens (including phenoxy) is 1. The Labute approximate surface area is 199 Å². The summed E-state index contributed by atoms with van der Waals surface area (Å²) in [5.74, 6) is -1.06. The number of hydrogen-bond donors (Lipinski definition) is 0. The molecule has 0 radical (unpaired) electrons. The molecule has 178 valence electrons. The Hall–Kier alpha value is -3.26. The Bertz CT molecular complexity index is 1380. The third kappa shape index (κ3) is 4.82. The minimum atomic E-state index is -3.14. The largest absolute Gasteiger partial charge is 0.449 e. The van der Waals surface area contributed by atoms with Crippen molar-refractivity contribution in [2.45, 2.75) is 39.3 Å². The Balaban J connectivity index is 1.62. The highest BCUT2D eigenvalue weighted by Crippen LogP contribution is 2.28. The first-order valence-electron chi connectivity index (χ1n) is 11.2. The fourth-order valence-electron chi connectivity index (χ4n) is 4.41. The SMILES string of the molecule is Cc1ccc(-c2cc(C(=O)OC(C)C(=O)N(C)C3CCS(=O)(=O)C3)c3ccccc3n2)c(C)c1. The van der Waals surface area contributed by atoms with Crippen molar-refractivity contribution in [3.63, 3.8) is 0 Å². The number of carbonyl (C=O) groups excluding carboxylic acids is 2. The first kappa shape index (κ1) is 23.9. The molecule has 1 aliphatic heterocycles. The number of likely N-dealkylation sites (N-methyl/N-ethyl adjacent to an activating group) is 1. The lowest BCUT2D eigenvalue weighted by Crippen LogP contribution is -2.44. The van der Waals surface area contributed by atoms with Crippen LogP contribution in [0.15, 0.2) is 48.5 Å². The third-order valence-electron chi connectivity index (χ3n) is 6.33. The molecule has 2 aromatic carbocycles. The van der Waals surface area contributed by atoms with Crippen molar-refractivity contribution in [1.29, 1.82) is 0 Å². The number of rotatable bonds is 5. The van der Waals surface area contributed by atoms with Crippen molar-refractivity contribution >= 4 is 32.6 Å². The monoisotopic (exact) mass is 480 g/mol. The third-order valence-corrected chi connectivity index (χ3v) is 8.08. The van der Waals surface area contributed by atoms with Crippen LogP contribution >= 0.6 is 0 Å². The van der Waals surface area contributed by atoms with Gasteiger partial charge >= 0.3 is 5.97 Å². The Morgan fingerprint density at radius 2 is 1.85 bits per heavy atom. The van der Waals surface area contributed by atoms with Gasteiger partial charge in [-0.1, -0.05) is 42.0 Å². The first-order chi connectivity index (χ1) is 16.1. The molecule has 0 bridgehead atoms.